The average Bonchev–Trinajstić information content (AvgIpc) is 1.59. The van der Waals surface area contributed by atoms with Gasteiger partial charge in [-0.15, -0.1) is 0 Å². The van der Waals surface area contributed by atoms with E-state index in [0.717, 1.165) is 196 Å². The lowest BCUT2D eigenvalue weighted by atomic mass is 9.98. The van der Waals surface area contributed by atoms with Gasteiger partial charge in [-0.25, -0.2) is 0 Å². The lowest BCUT2D eigenvalue weighted by molar-refractivity contribution is 0.454. The van der Waals surface area contributed by atoms with E-state index < -0.39 is 0 Å². The molecule has 9 nitrogen and oxygen atoms in total. The van der Waals surface area contributed by atoms with Gasteiger partial charge in [0.25, 0.3) is 0 Å². The van der Waals surface area contributed by atoms with Crippen LogP contribution in [0.15, 0.2) is 337 Å². The van der Waals surface area contributed by atoms with Crippen LogP contribution in [-0.4, -0.2) is 12.7 Å². The van der Waals surface area contributed by atoms with Crippen LogP contribution in [0.1, 0.15) is 0 Å². The zero-order valence-corrected chi connectivity index (χ0v) is 57.0. The number of furan rings is 7. The van der Waals surface area contributed by atoms with E-state index in [4.69, 9.17) is 40.6 Å². The third-order valence-corrected chi connectivity index (χ3v) is 20.6. The molecule has 0 amide bonds. The van der Waals surface area contributed by atoms with Crippen LogP contribution < -0.4 is 4.65 Å². The van der Waals surface area contributed by atoms with Crippen molar-refractivity contribution in [1.29, 1.82) is 0 Å². The van der Waals surface area contributed by atoms with Gasteiger partial charge in [-0.2, -0.15) is 0 Å². The number of halogens is 2. The van der Waals surface area contributed by atoms with Crippen molar-refractivity contribution in [3.05, 3.63) is 306 Å². The van der Waals surface area contributed by atoms with Gasteiger partial charge >= 0.3 is 7.69 Å². The molecular formula is C90H50BBr2O9. The molecule has 102 heavy (non-hydrogen) atoms. The predicted octanol–water partition coefficient (Wildman–Crippen LogP) is 27.1. The third-order valence-electron chi connectivity index (χ3n) is 19.6. The topological polar surface area (TPSA) is 121 Å². The first-order valence-corrected chi connectivity index (χ1v) is 35.0. The summed E-state index contributed by atoms with van der Waals surface area (Å²) in [6.07, 6.45) is 0. The smallest absolute Gasteiger partial charge is 0.537 e. The summed E-state index contributed by atoms with van der Waals surface area (Å²) in [6, 6.07) is 102. The molecule has 0 spiro atoms. The largest absolute Gasteiger partial charge is 0.569 e. The Morgan fingerprint density at radius 1 is 0.206 bits per heavy atom. The summed E-state index contributed by atoms with van der Waals surface area (Å²) < 4.78 is 50.7. The minimum Gasteiger partial charge on any atom is -0.537 e. The van der Waals surface area contributed by atoms with Crippen LogP contribution in [-0.2, 0) is 0 Å². The van der Waals surface area contributed by atoms with E-state index >= 15 is 0 Å². The molecule has 481 valence electrons. The molecule has 0 aliphatic heterocycles. The molecule has 12 heteroatoms. The molecule has 0 unspecified atom stereocenters. The summed E-state index contributed by atoms with van der Waals surface area (Å²) in [5.74, 6) is 0.572. The molecule has 0 saturated carbocycles. The van der Waals surface area contributed by atoms with E-state index in [2.05, 4.69) is 250 Å². The summed E-state index contributed by atoms with van der Waals surface area (Å²) in [4.78, 5) is 0. The predicted molar refractivity (Wildman–Crippen MR) is 421 cm³/mol. The van der Waals surface area contributed by atoms with E-state index in [9.17, 15) is 0 Å². The Morgan fingerprint density at radius 3 is 0.716 bits per heavy atom. The Morgan fingerprint density at radius 2 is 0.431 bits per heavy atom. The monoisotopic (exact) mass is 1440 g/mol. The van der Waals surface area contributed by atoms with Crippen LogP contribution in [0.5, 0.6) is 5.75 Å². The first-order chi connectivity index (χ1) is 50.2. The number of benzene rings is 15. The summed E-state index contributed by atoms with van der Waals surface area (Å²) >= 11 is 7.04. The quantitative estimate of drug-likeness (QED) is 0.155. The van der Waals surface area contributed by atoms with Crippen molar-refractivity contribution in [3.8, 4) is 61.4 Å². The Kier molecular flexibility index (Phi) is 14.0. The van der Waals surface area contributed by atoms with E-state index in [-0.39, 0.29) is 0 Å². The van der Waals surface area contributed by atoms with Crippen molar-refractivity contribution in [2.24, 2.45) is 0 Å². The molecule has 0 aliphatic rings. The fourth-order valence-corrected chi connectivity index (χ4v) is 15.4. The summed E-state index contributed by atoms with van der Waals surface area (Å²) in [5.41, 5.74) is 23.1. The maximum Gasteiger partial charge on any atom is 0.569 e. The SMILES string of the molecule is Brc1ccc2oc3c(ccc4c5cc(Br)ccc5oc43)c2c1.O[B]Oc1ccc2oc3ccc(-c4ccccc4)cc3c2c1.c1ccc(-c2ccc3oc4ccc(-c5ccc6oc7c(ccc8c9cc(-c%10ccc%11oc%12ccc(-c%13ccccc%13)cc%12c%11c%10)ccc9oc87)c6c5)cc4c3c2)cc1. The van der Waals surface area contributed by atoms with Gasteiger partial charge in [0.2, 0.25) is 0 Å². The highest BCUT2D eigenvalue weighted by molar-refractivity contribution is 9.10. The maximum atomic E-state index is 8.78. The number of hydrogen-bond acceptors (Lipinski definition) is 9. The zero-order valence-electron chi connectivity index (χ0n) is 53.8. The first kappa shape index (κ1) is 59.7. The minimum atomic E-state index is 0.572. The highest BCUT2D eigenvalue weighted by atomic mass is 79.9. The number of rotatable bonds is 7. The Hall–Kier alpha value is -12.3. The van der Waals surface area contributed by atoms with Gasteiger partial charge in [-0.1, -0.05) is 165 Å². The number of fused-ring (bicyclic) bond motifs is 23. The molecule has 0 atom stereocenters. The van der Waals surface area contributed by atoms with Crippen LogP contribution in [0.3, 0.4) is 0 Å². The molecule has 22 rings (SSSR count). The molecular weight excluding hydrogens is 1400 g/mol. The molecule has 22 aromatic rings. The van der Waals surface area contributed by atoms with E-state index in [0.29, 0.717) is 13.4 Å². The van der Waals surface area contributed by atoms with Crippen LogP contribution in [0.4, 0.5) is 0 Å². The summed E-state index contributed by atoms with van der Waals surface area (Å²) in [5, 5.41) is 23.7. The molecule has 0 bridgehead atoms. The van der Waals surface area contributed by atoms with Gasteiger partial charge in [0, 0.05) is 84.4 Å². The van der Waals surface area contributed by atoms with Gasteiger partial charge < -0.3 is 40.6 Å². The zero-order chi connectivity index (χ0) is 67.7. The normalized spacial score (nSPS) is 11.9. The van der Waals surface area contributed by atoms with Crippen molar-refractivity contribution >= 4 is 193 Å². The van der Waals surface area contributed by atoms with E-state index in [1.54, 1.807) is 6.07 Å². The fraction of sp³-hybridized carbons (Fsp3) is 0. The minimum absolute atomic E-state index is 0.572. The number of hydrogen-bond donors (Lipinski definition) is 1. The highest BCUT2D eigenvalue weighted by Crippen LogP contribution is 2.45. The van der Waals surface area contributed by atoms with Gasteiger partial charge in [0.1, 0.15) is 61.6 Å². The van der Waals surface area contributed by atoms with Crippen molar-refractivity contribution in [1.82, 2.24) is 0 Å². The summed E-state index contributed by atoms with van der Waals surface area (Å²) in [7, 11) is 0.679. The molecule has 1 radical (unpaired) electrons. The molecule has 0 saturated heterocycles. The lowest BCUT2D eigenvalue weighted by Gasteiger charge is -2.03. The Labute approximate surface area is 597 Å². The standard InChI is InChI=1S/C54H30O4.C18H12BO3.C18H8Br2O2/c1-3-7-31(8-4-1)33-11-19-47-43(25-33)45-29-37(13-21-49(45)55-47)35-15-23-51-41(27-35)39-17-18-40-42-28-36(16-24-52(42)58-54(40)53(39)57-51)38-14-22-50-46(30-38)44-26-34(12-20-48(44)56-50)32-9-5-2-6-10-32;20-19-22-14-7-9-18-16(11-14)15-10-13(6-8-17(15)21-18)12-4-2-1-3-5-12;19-9-1-5-15-13(7-9)11-3-4-12-14-8-10(20)2-6-16(14)22-18(12)17(11)21-15/h1-30H;1-11,20H;1-8H. The van der Waals surface area contributed by atoms with Gasteiger partial charge in [0.15, 0.2) is 22.3 Å². The Balaban J connectivity index is 0.000000128. The van der Waals surface area contributed by atoms with Gasteiger partial charge in [-0.3, -0.25) is 0 Å². The molecule has 7 aromatic heterocycles. The van der Waals surface area contributed by atoms with Crippen molar-refractivity contribution in [2.45, 2.75) is 0 Å². The van der Waals surface area contributed by atoms with Crippen molar-refractivity contribution in [3.63, 3.8) is 0 Å². The molecule has 15 aromatic carbocycles. The van der Waals surface area contributed by atoms with Crippen molar-refractivity contribution < 1.29 is 40.6 Å². The van der Waals surface area contributed by atoms with Crippen molar-refractivity contribution in [2.75, 3.05) is 0 Å². The van der Waals surface area contributed by atoms with Gasteiger partial charge in [-0.05, 0) is 219 Å². The van der Waals surface area contributed by atoms with Crippen LogP contribution in [0.2, 0.25) is 0 Å². The molecule has 0 aliphatic carbocycles. The molecule has 1 N–H and O–H groups in total. The van der Waals surface area contributed by atoms with E-state index in [1.807, 2.05) is 72.8 Å². The fourth-order valence-electron chi connectivity index (χ4n) is 14.7. The Bertz CT molecular complexity index is 6770. The average molecular weight is 1450 g/mol. The van der Waals surface area contributed by atoms with Crippen LogP contribution in [0, 0.1) is 0 Å². The second-order valence-corrected chi connectivity index (χ2v) is 27.4. The second kappa shape index (κ2) is 24.0. The summed E-state index contributed by atoms with van der Waals surface area (Å²) in [6.45, 7) is 0. The highest BCUT2D eigenvalue weighted by Gasteiger charge is 2.21. The first-order valence-electron chi connectivity index (χ1n) is 33.4. The van der Waals surface area contributed by atoms with Crippen LogP contribution >= 0.6 is 31.9 Å². The van der Waals surface area contributed by atoms with Crippen LogP contribution in [0.25, 0.3) is 209 Å². The van der Waals surface area contributed by atoms with Gasteiger partial charge in [0.05, 0.1) is 0 Å². The molecule has 7 heterocycles. The second-order valence-electron chi connectivity index (χ2n) is 25.6. The third kappa shape index (κ3) is 10.2. The lowest BCUT2D eigenvalue weighted by Crippen LogP contribution is -1.98. The molecule has 0 fully saturated rings. The maximum absolute atomic E-state index is 8.78. The van der Waals surface area contributed by atoms with E-state index in [1.165, 1.54) is 22.3 Å².